The fourth-order valence-electron chi connectivity index (χ4n) is 2.81. The van der Waals surface area contributed by atoms with Crippen molar-refractivity contribution < 1.29 is 9.53 Å². The van der Waals surface area contributed by atoms with Crippen LogP contribution in [0.5, 0.6) is 0 Å². The van der Waals surface area contributed by atoms with Crippen molar-refractivity contribution in [2.24, 2.45) is 0 Å². The van der Waals surface area contributed by atoms with Crippen molar-refractivity contribution in [1.82, 2.24) is 19.7 Å². The first-order valence-corrected chi connectivity index (χ1v) is 8.32. The maximum absolute atomic E-state index is 12.1. The van der Waals surface area contributed by atoms with Crippen molar-refractivity contribution in [3.63, 3.8) is 0 Å². The summed E-state index contributed by atoms with van der Waals surface area (Å²) in [5.74, 6) is 0.978. The van der Waals surface area contributed by atoms with Gasteiger partial charge in [0.1, 0.15) is 11.9 Å². The van der Waals surface area contributed by atoms with E-state index >= 15 is 0 Å². The molecule has 6 nitrogen and oxygen atoms in total. The molecule has 6 heteroatoms. The van der Waals surface area contributed by atoms with Crippen LogP contribution in [-0.2, 0) is 11.3 Å². The number of benzene rings is 1. The van der Waals surface area contributed by atoms with Crippen molar-refractivity contribution >= 4 is 6.09 Å². The highest BCUT2D eigenvalue weighted by Crippen LogP contribution is 2.26. The summed E-state index contributed by atoms with van der Waals surface area (Å²) in [6.07, 6.45) is 2.38. The van der Waals surface area contributed by atoms with Gasteiger partial charge < -0.3 is 9.64 Å². The van der Waals surface area contributed by atoms with Gasteiger partial charge >= 0.3 is 6.09 Å². The van der Waals surface area contributed by atoms with Crippen LogP contribution in [-0.4, -0.2) is 44.4 Å². The minimum absolute atomic E-state index is 0.176. The quantitative estimate of drug-likeness (QED) is 0.869. The third kappa shape index (κ3) is 4.13. The van der Waals surface area contributed by atoms with Gasteiger partial charge in [-0.3, -0.25) is 0 Å². The van der Waals surface area contributed by atoms with Crippen LogP contribution in [0.3, 0.4) is 0 Å². The SMILES string of the molecule is CC(C)(C)OC(=O)N1CCC(c2ncn(Cc3ccccc3)n2)C1. The lowest BCUT2D eigenvalue weighted by Crippen LogP contribution is -2.35. The van der Waals surface area contributed by atoms with Crippen LogP contribution in [0.4, 0.5) is 4.79 Å². The van der Waals surface area contributed by atoms with Crippen LogP contribution >= 0.6 is 0 Å². The van der Waals surface area contributed by atoms with Crippen molar-refractivity contribution in [2.75, 3.05) is 13.1 Å². The number of carbonyl (C=O) groups is 1. The molecule has 1 atom stereocenters. The summed E-state index contributed by atoms with van der Waals surface area (Å²) >= 11 is 0. The van der Waals surface area contributed by atoms with Crippen molar-refractivity contribution in [3.05, 3.63) is 48.0 Å². The molecule has 1 fully saturated rings. The molecule has 1 aromatic heterocycles. The maximum atomic E-state index is 12.1. The summed E-state index contributed by atoms with van der Waals surface area (Å²) in [5.41, 5.74) is 0.723. The highest BCUT2D eigenvalue weighted by Gasteiger charge is 2.32. The zero-order valence-electron chi connectivity index (χ0n) is 14.5. The van der Waals surface area contributed by atoms with E-state index in [1.54, 1.807) is 11.2 Å². The molecule has 2 aromatic rings. The molecule has 128 valence electrons. The van der Waals surface area contributed by atoms with E-state index in [0.29, 0.717) is 19.6 Å². The lowest BCUT2D eigenvalue weighted by atomic mass is 10.1. The molecule has 2 heterocycles. The average Bonchev–Trinajstić information content (AvgIpc) is 3.15. The summed E-state index contributed by atoms with van der Waals surface area (Å²) in [6, 6.07) is 10.2. The molecule has 0 aliphatic carbocycles. The van der Waals surface area contributed by atoms with E-state index in [9.17, 15) is 4.79 Å². The van der Waals surface area contributed by atoms with E-state index < -0.39 is 5.60 Å². The number of likely N-dealkylation sites (tertiary alicyclic amines) is 1. The Labute approximate surface area is 142 Å². The Morgan fingerprint density at radius 1 is 1.29 bits per heavy atom. The Morgan fingerprint density at radius 2 is 2.04 bits per heavy atom. The molecule has 0 radical (unpaired) electrons. The fourth-order valence-corrected chi connectivity index (χ4v) is 2.81. The normalized spacial score (nSPS) is 18.0. The highest BCUT2D eigenvalue weighted by atomic mass is 16.6. The Hall–Kier alpha value is -2.37. The predicted octanol–water partition coefficient (Wildman–Crippen LogP) is 3.05. The second-order valence-corrected chi connectivity index (χ2v) is 7.20. The second-order valence-electron chi connectivity index (χ2n) is 7.20. The Morgan fingerprint density at radius 3 is 2.75 bits per heavy atom. The summed E-state index contributed by atoms with van der Waals surface area (Å²) in [6.45, 7) is 7.65. The average molecular weight is 328 g/mol. The van der Waals surface area contributed by atoms with Gasteiger partial charge in [0.2, 0.25) is 0 Å². The van der Waals surface area contributed by atoms with Gasteiger partial charge in [-0.25, -0.2) is 14.5 Å². The molecule has 0 spiro atoms. The van der Waals surface area contributed by atoms with Crippen molar-refractivity contribution in [1.29, 1.82) is 0 Å². The fraction of sp³-hybridized carbons (Fsp3) is 0.500. The molecule has 3 rings (SSSR count). The largest absolute Gasteiger partial charge is 0.444 e. The van der Waals surface area contributed by atoms with E-state index in [0.717, 1.165) is 12.2 Å². The number of nitrogens with zero attached hydrogens (tertiary/aromatic N) is 4. The minimum Gasteiger partial charge on any atom is -0.444 e. The zero-order chi connectivity index (χ0) is 17.2. The van der Waals surface area contributed by atoms with Crippen LogP contribution in [0.15, 0.2) is 36.7 Å². The van der Waals surface area contributed by atoms with E-state index in [1.165, 1.54) is 5.56 Å². The van der Waals surface area contributed by atoms with Gasteiger partial charge in [0.15, 0.2) is 5.82 Å². The first kappa shape index (κ1) is 16.5. The standard InChI is InChI=1S/C18H24N4O2/c1-18(2,3)24-17(23)21-10-9-15(12-21)16-19-13-22(20-16)11-14-7-5-4-6-8-14/h4-8,13,15H,9-12H2,1-3H3. The number of rotatable bonds is 3. The van der Waals surface area contributed by atoms with Crippen molar-refractivity contribution in [3.8, 4) is 0 Å². The smallest absolute Gasteiger partial charge is 0.410 e. The molecule has 0 N–H and O–H groups in total. The predicted molar refractivity (Wildman–Crippen MR) is 90.7 cm³/mol. The number of amides is 1. The van der Waals surface area contributed by atoms with E-state index in [2.05, 4.69) is 22.2 Å². The molecule has 1 aromatic carbocycles. The van der Waals surface area contributed by atoms with Gasteiger partial charge in [0.05, 0.1) is 6.54 Å². The molecule has 1 aliphatic heterocycles. The number of carbonyl (C=O) groups excluding carboxylic acids is 1. The lowest BCUT2D eigenvalue weighted by molar-refractivity contribution is 0.0292. The molecule has 1 unspecified atom stereocenters. The van der Waals surface area contributed by atoms with Gasteiger partial charge in [0, 0.05) is 19.0 Å². The van der Waals surface area contributed by atoms with Gasteiger partial charge in [-0.05, 0) is 32.8 Å². The molecule has 1 saturated heterocycles. The molecular weight excluding hydrogens is 304 g/mol. The molecule has 1 aliphatic rings. The Bertz CT molecular complexity index is 691. The molecular formula is C18H24N4O2. The lowest BCUT2D eigenvalue weighted by Gasteiger charge is -2.24. The zero-order valence-corrected chi connectivity index (χ0v) is 14.5. The Kier molecular flexibility index (Phi) is 4.55. The molecule has 24 heavy (non-hydrogen) atoms. The first-order valence-electron chi connectivity index (χ1n) is 8.32. The minimum atomic E-state index is -0.468. The third-order valence-electron chi connectivity index (χ3n) is 3.95. The number of ether oxygens (including phenoxy) is 1. The third-order valence-corrected chi connectivity index (χ3v) is 3.95. The summed E-state index contributed by atoms with van der Waals surface area (Å²) in [7, 11) is 0. The summed E-state index contributed by atoms with van der Waals surface area (Å²) < 4.78 is 7.28. The summed E-state index contributed by atoms with van der Waals surface area (Å²) in [4.78, 5) is 18.3. The Balaban J connectivity index is 1.59. The maximum Gasteiger partial charge on any atom is 0.410 e. The van der Waals surface area contributed by atoms with Gasteiger partial charge in [-0.1, -0.05) is 30.3 Å². The number of aromatic nitrogens is 3. The van der Waals surface area contributed by atoms with E-state index in [-0.39, 0.29) is 12.0 Å². The monoisotopic (exact) mass is 328 g/mol. The van der Waals surface area contributed by atoms with Gasteiger partial charge in [0.25, 0.3) is 0 Å². The van der Waals surface area contributed by atoms with Gasteiger partial charge in [-0.15, -0.1) is 0 Å². The molecule has 0 bridgehead atoms. The topological polar surface area (TPSA) is 60.2 Å². The first-order chi connectivity index (χ1) is 11.4. The highest BCUT2D eigenvalue weighted by molar-refractivity contribution is 5.68. The summed E-state index contributed by atoms with van der Waals surface area (Å²) in [5, 5.41) is 4.58. The number of hydrogen-bond donors (Lipinski definition) is 0. The van der Waals surface area contributed by atoms with Crippen LogP contribution in [0.2, 0.25) is 0 Å². The van der Waals surface area contributed by atoms with Gasteiger partial charge in [-0.2, -0.15) is 5.10 Å². The van der Waals surface area contributed by atoms with Crippen molar-refractivity contribution in [2.45, 2.75) is 45.3 Å². The van der Waals surface area contributed by atoms with E-state index in [1.807, 2.05) is 43.7 Å². The second kappa shape index (κ2) is 6.63. The van der Waals surface area contributed by atoms with Crippen LogP contribution in [0.25, 0.3) is 0 Å². The van der Waals surface area contributed by atoms with Crippen LogP contribution in [0, 0.1) is 0 Å². The van der Waals surface area contributed by atoms with E-state index in [4.69, 9.17) is 4.74 Å². The van der Waals surface area contributed by atoms with Crippen LogP contribution in [0.1, 0.15) is 44.5 Å². The molecule has 0 saturated carbocycles. The van der Waals surface area contributed by atoms with Crippen LogP contribution < -0.4 is 0 Å². The number of hydrogen-bond acceptors (Lipinski definition) is 4. The molecule has 1 amide bonds.